The first-order chi connectivity index (χ1) is 21.5. The second-order valence-corrected chi connectivity index (χ2v) is 12.1. The Labute approximate surface area is 253 Å². The average molecular weight is 593 g/mol. The Bertz CT molecular complexity index is 1850. The van der Waals surface area contributed by atoms with Crippen molar-refractivity contribution in [2.24, 2.45) is 11.8 Å². The number of nitrogens with zero attached hydrogens (tertiary/aromatic N) is 5. The number of fused-ring (bicyclic) bond motifs is 7. The number of hydrogen-bond donors (Lipinski definition) is 3. The van der Waals surface area contributed by atoms with Gasteiger partial charge in [-0.25, -0.2) is 19.3 Å². The Morgan fingerprint density at radius 1 is 0.818 bits per heavy atom. The summed E-state index contributed by atoms with van der Waals surface area (Å²) in [6.45, 7) is 0.918. The Morgan fingerprint density at radius 2 is 1.57 bits per heavy atom. The number of ether oxygens (including phenoxy) is 1. The second kappa shape index (κ2) is 10.7. The molecule has 6 atom stereocenters. The van der Waals surface area contributed by atoms with Gasteiger partial charge in [-0.3, -0.25) is 0 Å². The molecule has 6 unspecified atom stereocenters. The number of imidazole rings is 2. The van der Waals surface area contributed by atoms with Crippen LogP contribution in [0.15, 0.2) is 79.6 Å². The van der Waals surface area contributed by atoms with Crippen molar-refractivity contribution < 1.29 is 19.3 Å². The normalized spacial score (nSPS) is 26.1. The highest BCUT2D eigenvalue weighted by molar-refractivity contribution is 5.70. The van der Waals surface area contributed by atoms with Gasteiger partial charge in [-0.1, -0.05) is 42.5 Å². The lowest BCUT2D eigenvalue weighted by Gasteiger charge is -2.34. The molecule has 1 aliphatic carbocycles. The van der Waals surface area contributed by atoms with Gasteiger partial charge in [0.05, 0.1) is 67.3 Å². The van der Waals surface area contributed by atoms with E-state index in [1.807, 2.05) is 29.2 Å². The molecule has 0 radical (unpaired) electrons. The van der Waals surface area contributed by atoms with E-state index in [1.54, 1.807) is 24.7 Å². The van der Waals surface area contributed by atoms with Crippen LogP contribution in [-0.2, 0) is 11.2 Å². The summed E-state index contributed by atoms with van der Waals surface area (Å²) in [5.41, 5.74) is 13.7. The van der Waals surface area contributed by atoms with Gasteiger partial charge in [0.15, 0.2) is 0 Å². The molecule has 4 aliphatic rings. The fourth-order valence-electron chi connectivity index (χ4n) is 7.79. The van der Waals surface area contributed by atoms with Gasteiger partial charge in [0, 0.05) is 46.4 Å². The minimum Gasteiger partial charge on any atom is -0.390 e. The van der Waals surface area contributed by atoms with Crippen LogP contribution in [0.2, 0.25) is 0 Å². The van der Waals surface area contributed by atoms with Crippen molar-refractivity contribution >= 4 is 5.82 Å². The maximum atomic E-state index is 14.3. The molecule has 44 heavy (non-hydrogen) atoms. The van der Waals surface area contributed by atoms with Crippen LogP contribution >= 0.6 is 0 Å². The number of pyridine rings is 1. The highest BCUT2D eigenvalue weighted by atomic mass is 19.1. The highest BCUT2D eigenvalue weighted by Crippen LogP contribution is 2.50. The molecule has 5 aromatic rings. The van der Waals surface area contributed by atoms with E-state index in [-0.39, 0.29) is 29.7 Å². The van der Waals surface area contributed by atoms with Crippen molar-refractivity contribution in [3.63, 3.8) is 0 Å². The molecule has 0 bridgehead atoms. The van der Waals surface area contributed by atoms with E-state index in [1.165, 1.54) is 17.2 Å². The molecule has 1 saturated heterocycles. The molecule has 4 N–H and O–H groups in total. The summed E-state index contributed by atoms with van der Waals surface area (Å²) < 4.78 is 23.8. The number of nitrogens with two attached hydrogens (primary N) is 1. The van der Waals surface area contributed by atoms with Crippen molar-refractivity contribution in [3.05, 3.63) is 108 Å². The van der Waals surface area contributed by atoms with Gasteiger partial charge in [-0.2, -0.15) is 0 Å². The molecular formula is C34H33FN6O3. The first kappa shape index (κ1) is 27.2. The Kier molecular flexibility index (Phi) is 6.58. The topological polar surface area (TPSA) is 124 Å². The van der Waals surface area contributed by atoms with Crippen molar-refractivity contribution in [1.29, 1.82) is 0 Å². The second-order valence-electron chi connectivity index (χ2n) is 12.1. The number of nitrogen functional groups attached to an aromatic ring is 1. The fourth-order valence-corrected chi connectivity index (χ4v) is 7.79. The van der Waals surface area contributed by atoms with Crippen LogP contribution in [0.4, 0.5) is 10.2 Å². The number of benzene rings is 2. The zero-order valence-corrected chi connectivity index (χ0v) is 24.0. The summed E-state index contributed by atoms with van der Waals surface area (Å²) in [6, 6.07) is 17.1. The van der Waals surface area contributed by atoms with E-state index in [2.05, 4.69) is 43.8 Å². The predicted octanol–water partition coefficient (Wildman–Crippen LogP) is 4.72. The number of aromatic nitrogens is 5. The maximum Gasteiger partial charge on any atom is 0.129 e. The summed E-state index contributed by atoms with van der Waals surface area (Å²) in [5.74, 6) is 0.353. The van der Waals surface area contributed by atoms with E-state index in [0.29, 0.717) is 24.6 Å². The van der Waals surface area contributed by atoms with Crippen molar-refractivity contribution in [1.82, 2.24) is 24.1 Å². The Hall–Kier alpha value is -4.38. The van der Waals surface area contributed by atoms with E-state index < -0.39 is 12.2 Å². The summed E-state index contributed by atoms with van der Waals surface area (Å²) in [4.78, 5) is 12.9. The zero-order valence-electron chi connectivity index (χ0n) is 24.0. The molecular weight excluding hydrogens is 559 g/mol. The molecule has 0 spiro atoms. The van der Waals surface area contributed by atoms with E-state index >= 15 is 0 Å². The number of rotatable bonds is 2. The van der Waals surface area contributed by atoms with Gasteiger partial charge in [0.25, 0.3) is 0 Å². The molecule has 224 valence electrons. The molecule has 9 nitrogen and oxygen atoms in total. The van der Waals surface area contributed by atoms with Gasteiger partial charge in [-0.15, -0.1) is 0 Å². The third kappa shape index (κ3) is 4.20. The lowest BCUT2D eigenvalue weighted by molar-refractivity contribution is -0.0543. The van der Waals surface area contributed by atoms with Crippen LogP contribution in [0.3, 0.4) is 0 Å². The molecule has 1 fully saturated rings. The quantitative estimate of drug-likeness (QED) is 0.271. The summed E-state index contributed by atoms with van der Waals surface area (Å²) in [7, 11) is 0. The van der Waals surface area contributed by atoms with Crippen LogP contribution in [0.25, 0.3) is 22.5 Å². The lowest BCUT2D eigenvalue weighted by Crippen LogP contribution is -2.37. The monoisotopic (exact) mass is 592 g/mol. The minimum atomic E-state index is -0.574. The van der Waals surface area contributed by atoms with E-state index in [9.17, 15) is 14.6 Å². The molecule has 0 saturated carbocycles. The first-order valence-corrected chi connectivity index (χ1v) is 15.1. The van der Waals surface area contributed by atoms with Crippen LogP contribution in [0.1, 0.15) is 53.4 Å². The fraction of sp³-hybridized carbons (Fsp3) is 0.324. The van der Waals surface area contributed by atoms with Crippen LogP contribution in [0, 0.1) is 17.7 Å². The van der Waals surface area contributed by atoms with Crippen LogP contribution in [0.5, 0.6) is 0 Å². The minimum absolute atomic E-state index is 0.0464. The van der Waals surface area contributed by atoms with Crippen molar-refractivity contribution in [3.8, 4) is 22.5 Å². The SMILES string of the molecule is Nc1ccc2c(n1)CCC(C1c3ccccc3-c3cncn31)C2O.OC1COCCC1C1c2c(F)cccc2-c2cncn21. The Balaban J connectivity index is 0.000000134. The number of aliphatic hydroxyl groups excluding tert-OH is 2. The molecule has 10 heteroatoms. The number of hydrogen-bond acceptors (Lipinski definition) is 7. The molecule has 2 aromatic carbocycles. The number of anilines is 1. The van der Waals surface area contributed by atoms with Gasteiger partial charge >= 0.3 is 0 Å². The number of aliphatic hydroxyl groups is 2. The molecule has 0 amide bonds. The van der Waals surface area contributed by atoms with Crippen molar-refractivity contribution in [2.45, 2.75) is 43.6 Å². The molecule has 3 aromatic heterocycles. The number of aryl methyl sites for hydroxylation is 1. The first-order valence-electron chi connectivity index (χ1n) is 15.1. The predicted molar refractivity (Wildman–Crippen MR) is 162 cm³/mol. The standard InChI is InChI=1S/C19H18N4O.C15H15FN2O2/c20-17-8-6-13-15(22-17)7-5-14(19(13)24)18-12-4-2-1-3-11(12)16-9-21-10-23(16)18;16-11-3-1-2-9-12-6-17-8-18(12)15(14(9)11)10-4-5-20-7-13(10)19/h1-4,6,8-10,14,18-19,24H,5,7H2,(H2,20,22);1-3,6,8,10,13,15,19H,4-5,7H2. The molecule has 6 heterocycles. The van der Waals surface area contributed by atoms with Gasteiger partial charge in [0.2, 0.25) is 0 Å². The van der Waals surface area contributed by atoms with Gasteiger partial charge < -0.3 is 29.8 Å². The van der Waals surface area contributed by atoms with Crippen molar-refractivity contribution in [2.75, 3.05) is 18.9 Å². The highest BCUT2D eigenvalue weighted by Gasteiger charge is 2.42. The molecule has 3 aliphatic heterocycles. The largest absolute Gasteiger partial charge is 0.390 e. The van der Waals surface area contributed by atoms with Gasteiger partial charge in [0.1, 0.15) is 11.6 Å². The Morgan fingerprint density at radius 3 is 2.39 bits per heavy atom. The summed E-state index contributed by atoms with van der Waals surface area (Å²) >= 11 is 0. The number of halogens is 1. The van der Waals surface area contributed by atoms with Crippen LogP contribution < -0.4 is 5.73 Å². The van der Waals surface area contributed by atoms with E-state index in [0.717, 1.165) is 47.5 Å². The third-order valence-electron chi connectivity index (χ3n) is 9.77. The summed E-state index contributed by atoms with van der Waals surface area (Å²) in [6.07, 6.45) is 8.57. The zero-order chi connectivity index (χ0) is 29.9. The average Bonchev–Trinajstić information content (AvgIpc) is 3.81. The lowest BCUT2D eigenvalue weighted by atomic mass is 9.77. The van der Waals surface area contributed by atoms with Crippen LogP contribution in [-0.4, -0.2) is 53.6 Å². The van der Waals surface area contributed by atoms with Gasteiger partial charge in [-0.05, 0) is 37.0 Å². The smallest absolute Gasteiger partial charge is 0.129 e. The third-order valence-corrected chi connectivity index (χ3v) is 9.77. The molecule has 9 rings (SSSR count). The summed E-state index contributed by atoms with van der Waals surface area (Å²) in [5, 5.41) is 21.3. The maximum absolute atomic E-state index is 14.3. The van der Waals surface area contributed by atoms with E-state index in [4.69, 9.17) is 10.5 Å².